The number of carbonyl (C=O) groups is 1. The van der Waals surface area contributed by atoms with Crippen LogP contribution in [0.3, 0.4) is 0 Å². The van der Waals surface area contributed by atoms with Crippen LogP contribution in [0.4, 0.5) is 0 Å². The highest BCUT2D eigenvalue weighted by Crippen LogP contribution is 2.22. The Morgan fingerprint density at radius 1 is 1.13 bits per heavy atom. The normalized spacial score (nSPS) is 12.2. The predicted molar refractivity (Wildman–Crippen MR) is 121 cm³/mol. The Bertz CT molecular complexity index is 1160. The van der Waals surface area contributed by atoms with Crippen molar-refractivity contribution in [1.82, 2.24) is 19.9 Å². The van der Waals surface area contributed by atoms with Crippen LogP contribution in [-0.4, -0.2) is 26.5 Å². The van der Waals surface area contributed by atoms with Crippen LogP contribution >= 0.6 is 0 Å². The van der Waals surface area contributed by atoms with E-state index in [1.807, 2.05) is 73.8 Å². The molecule has 6 heteroatoms. The van der Waals surface area contributed by atoms with E-state index in [1.165, 1.54) is 0 Å². The molecular weight excluding hydrogens is 388 g/mol. The van der Waals surface area contributed by atoms with Crippen molar-refractivity contribution in [3.05, 3.63) is 77.5 Å². The predicted octanol–water partition coefficient (Wildman–Crippen LogP) is 4.68. The second-order valence-electron chi connectivity index (χ2n) is 8.01. The molecular formula is C25H28N4O2. The van der Waals surface area contributed by atoms with Gasteiger partial charge in [-0.2, -0.15) is 5.10 Å². The van der Waals surface area contributed by atoms with Gasteiger partial charge in [0.15, 0.2) is 5.65 Å². The fraction of sp³-hybridized carbons (Fsp3) is 0.320. The number of nitrogens with zero attached hydrogens (tertiary/aromatic N) is 3. The third-order valence-corrected chi connectivity index (χ3v) is 5.65. The van der Waals surface area contributed by atoms with Crippen molar-refractivity contribution in [1.29, 1.82) is 0 Å². The SMILES string of the molecule is Cc1nc2cc(-c3ccccc3)nn2c(C)c1CCC(=O)NC(C)CCc1ccco1. The molecule has 0 aliphatic heterocycles. The smallest absolute Gasteiger partial charge is 0.220 e. The lowest BCUT2D eigenvalue weighted by Gasteiger charge is -2.14. The number of furan rings is 1. The largest absolute Gasteiger partial charge is 0.469 e. The maximum absolute atomic E-state index is 12.5. The van der Waals surface area contributed by atoms with Crippen molar-refractivity contribution in [2.24, 2.45) is 0 Å². The van der Waals surface area contributed by atoms with Crippen molar-refractivity contribution in [3.8, 4) is 11.3 Å². The zero-order chi connectivity index (χ0) is 21.8. The summed E-state index contributed by atoms with van der Waals surface area (Å²) in [5.74, 6) is 0.997. The van der Waals surface area contributed by atoms with Gasteiger partial charge in [-0.25, -0.2) is 9.50 Å². The molecule has 3 aromatic heterocycles. The van der Waals surface area contributed by atoms with Gasteiger partial charge in [0.2, 0.25) is 5.91 Å². The van der Waals surface area contributed by atoms with Crippen LogP contribution in [0.15, 0.2) is 59.2 Å². The second kappa shape index (κ2) is 9.16. The number of nitrogens with one attached hydrogen (secondary N) is 1. The lowest BCUT2D eigenvalue weighted by Crippen LogP contribution is -2.33. The molecule has 1 atom stereocenters. The maximum atomic E-state index is 12.5. The van der Waals surface area contributed by atoms with E-state index in [0.717, 1.165) is 52.5 Å². The first kappa shape index (κ1) is 20.8. The van der Waals surface area contributed by atoms with E-state index in [-0.39, 0.29) is 11.9 Å². The molecule has 1 aromatic carbocycles. The quantitative estimate of drug-likeness (QED) is 0.453. The lowest BCUT2D eigenvalue weighted by molar-refractivity contribution is -0.121. The molecule has 0 fully saturated rings. The number of benzene rings is 1. The van der Waals surface area contributed by atoms with E-state index < -0.39 is 0 Å². The van der Waals surface area contributed by atoms with E-state index in [9.17, 15) is 4.79 Å². The van der Waals surface area contributed by atoms with Crippen molar-refractivity contribution in [2.75, 3.05) is 0 Å². The number of rotatable bonds is 8. The first-order valence-corrected chi connectivity index (χ1v) is 10.7. The number of aromatic nitrogens is 3. The van der Waals surface area contributed by atoms with E-state index >= 15 is 0 Å². The van der Waals surface area contributed by atoms with Crippen molar-refractivity contribution in [2.45, 2.75) is 52.5 Å². The molecule has 0 saturated heterocycles. The molecule has 160 valence electrons. The second-order valence-corrected chi connectivity index (χ2v) is 8.01. The molecule has 4 rings (SSSR count). The number of amides is 1. The van der Waals surface area contributed by atoms with Gasteiger partial charge in [0.25, 0.3) is 0 Å². The Hall–Kier alpha value is -3.41. The van der Waals surface area contributed by atoms with Crippen LogP contribution in [0.2, 0.25) is 0 Å². The molecule has 0 spiro atoms. The van der Waals surface area contributed by atoms with Crippen LogP contribution < -0.4 is 5.32 Å². The first-order chi connectivity index (χ1) is 15.0. The molecule has 0 radical (unpaired) electrons. The van der Waals surface area contributed by atoms with Gasteiger partial charge in [0, 0.05) is 41.9 Å². The summed E-state index contributed by atoms with van der Waals surface area (Å²) in [5.41, 5.74) is 5.85. The summed E-state index contributed by atoms with van der Waals surface area (Å²) in [7, 11) is 0. The molecule has 0 saturated carbocycles. The molecule has 0 aliphatic rings. The average molecular weight is 417 g/mol. The van der Waals surface area contributed by atoms with E-state index in [0.29, 0.717) is 12.8 Å². The van der Waals surface area contributed by atoms with E-state index in [1.54, 1.807) is 6.26 Å². The van der Waals surface area contributed by atoms with Gasteiger partial charge in [-0.1, -0.05) is 30.3 Å². The molecule has 0 bridgehead atoms. The molecule has 1 unspecified atom stereocenters. The highest BCUT2D eigenvalue weighted by molar-refractivity contribution is 5.76. The first-order valence-electron chi connectivity index (χ1n) is 10.7. The van der Waals surface area contributed by atoms with Gasteiger partial charge >= 0.3 is 0 Å². The summed E-state index contributed by atoms with van der Waals surface area (Å²) < 4.78 is 7.24. The molecule has 6 nitrogen and oxygen atoms in total. The van der Waals surface area contributed by atoms with Crippen LogP contribution in [-0.2, 0) is 17.6 Å². The third-order valence-electron chi connectivity index (χ3n) is 5.65. The molecule has 4 aromatic rings. The summed E-state index contributed by atoms with van der Waals surface area (Å²) in [5, 5.41) is 7.84. The minimum atomic E-state index is 0.0521. The molecule has 1 N–H and O–H groups in total. The summed E-state index contributed by atoms with van der Waals surface area (Å²) in [6, 6.07) is 16.0. The monoisotopic (exact) mass is 416 g/mol. The Morgan fingerprint density at radius 2 is 1.94 bits per heavy atom. The molecule has 3 heterocycles. The van der Waals surface area contributed by atoms with Crippen molar-refractivity contribution in [3.63, 3.8) is 0 Å². The van der Waals surface area contributed by atoms with Crippen LogP contribution in [0.5, 0.6) is 0 Å². The number of carbonyl (C=O) groups excluding carboxylic acids is 1. The topological polar surface area (TPSA) is 72.4 Å². The fourth-order valence-electron chi connectivity index (χ4n) is 3.91. The zero-order valence-corrected chi connectivity index (χ0v) is 18.3. The van der Waals surface area contributed by atoms with Crippen molar-refractivity contribution >= 4 is 11.6 Å². The van der Waals surface area contributed by atoms with Gasteiger partial charge in [0.05, 0.1) is 12.0 Å². The van der Waals surface area contributed by atoms with Gasteiger partial charge in [0.1, 0.15) is 5.76 Å². The van der Waals surface area contributed by atoms with Crippen LogP contribution in [0.1, 0.15) is 42.5 Å². The average Bonchev–Trinajstić information content (AvgIpc) is 3.43. The Kier molecular flexibility index (Phi) is 6.16. The lowest BCUT2D eigenvalue weighted by atomic mass is 10.1. The highest BCUT2D eigenvalue weighted by Gasteiger charge is 2.15. The van der Waals surface area contributed by atoms with Gasteiger partial charge in [-0.3, -0.25) is 4.79 Å². The summed E-state index contributed by atoms with van der Waals surface area (Å²) in [4.78, 5) is 17.2. The molecule has 1 amide bonds. The van der Waals surface area contributed by atoms with Crippen molar-refractivity contribution < 1.29 is 9.21 Å². The highest BCUT2D eigenvalue weighted by atomic mass is 16.3. The summed E-state index contributed by atoms with van der Waals surface area (Å²) in [6.45, 7) is 6.07. The Morgan fingerprint density at radius 3 is 2.68 bits per heavy atom. The fourth-order valence-corrected chi connectivity index (χ4v) is 3.91. The number of aryl methyl sites for hydroxylation is 3. The van der Waals surface area contributed by atoms with E-state index in [2.05, 4.69) is 5.32 Å². The summed E-state index contributed by atoms with van der Waals surface area (Å²) in [6.07, 6.45) is 4.40. The Balaban J connectivity index is 1.41. The van der Waals surface area contributed by atoms with E-state index in [4.69, 9.17) is 14.5 Å². The number of hydrogen-bond acceptors (Lipinski definition) is 4. The number of hydrogen-bond donors (Lipinski definition) is 1. The van der Waals surface area contributed by atoms with Gasteiger partial charge in [-0.05, 0) is 51.3 Å². The van der Waals surface area contributed by atoms with Crippen LogP contribution in [0, 0.1) is 13.8 Å². The van der Waals surface area contributed by atoms with Gasteiger partial charge in [-0.15, -0.1) is 0 Å². The third kappa shape index (κ3) is 4.85. The van der Waals surface area contributed by atoms with Crippen LogP contribution in [0.25, 0.3) is 16.9 Å². The Labute approximate surface area is 182 Å². The summed E-state index contributed by atoms with van der Waals surface area (Å²) >= 11 is 0. The molecule has 0 aliphatic carbocycles. The minimum Gasteiger partial charge on any atom is -0.469 e. The molecule has 31 heavy (non-hydrogen) atoms. The zero-order valence-electron chi connectivity index (χ0n) is 18.3. The minimum absolute atomic E-state index is 0.0521. The number of fused-ring (bicyclic) bond motifs is 1. The standard InChI is InChI=1S/C25H28N4O2/c1-17(11-12-21-10-7-15-31-21)26-25(30)14-13-22-18(2)27-24-16-23(28-29(24)19(22)3)20-8-5-4-6-9-20/h4-10,15-17H,11-14H2,1-3H3,(H,26,30). The van der Waals surface area contributed by atoms with Gasteiger partial charge < -0.3 is 9.73 Å². The maximum Gasteiger partial charge on any atom is 0.220 e.